The number of isocyanates is 1. The van der Waals surface area contributed by atoms with Gasteiger partial charge in [-0.15, -0.1) is 25.6 Å². The van der Waals surface area contributed by atoms with Gasteiger partial charge in [0.15, 0.2) is 0 Å². The number of piperidine rings is 2. The lowest BCUT2D eigenvalue weighted by molar-refractivity contribution is -0.145. The number of amides is 8. The number of halogens is 1. The lowest BCUT2D eigenvalue weighted by Crippen LogP contribution is -2.62. The molecule has 4 rings (SSSR count). The zero-order valence-corrected chi connectivity index (χ0v) is 66.1. The molecule has 99 heavy (non-hydrogen) atoms. The van der Waals surface area contributed by atoms with Crippen molar-refractivity contribution in [3.05, 3.63) is 25.3 Å². The van der Waals surface area contributed by atoms with Gasteiger partial charge in [0, 0.05) is 93.6 Å². The van der Waals surface area contributed by atoms with Gasteiger partial charge in [0.25, 0.3) is 32.2 Å². The van der Waals surface area contributed by atoms with E-state index >= 15 is 0 Å². The van der Waals surface area contributed by atoms with Crippen LogP contribution in [0.3, 0.4) is 0 Å². The third kappa shape index (κ3) is 23.9. The highest BCUT2D eigenvalue weighted by molar-refractivity contribution is 7.87. The minimum atomic E-state index is -3.74. The minimum absolute atomic E-state index is 0. The molecule has 12 atom stereocenters. The summed E-state index contributed by atoms with van der Waals surface area (Å²) in [4.78, 5) is 137. The van der Waals surface area contributed by atoms with E-state index < -0.39 is 132 Å². The molecule has 0 radical (unpaired) electrons. The molecule has 2 saturated heterocycles. The van der Waals surface area contributed by atoms with E-state index in [0.29, 0.717) is 38.9 Å². The quantitative estimate of drug-likeness (QED) is 0.0222. The van der Waals surface area contributed by atoms with Crippen LogP contribution in [0.15, 0.2) is 30.3 Å². The van der Waals surface area contributed by atoms with Gasteiger partial charge in [-0.05, 0) is 69.0 Å². The SMILES string of the molecule is C=CCNC(=O)C(=O)C(CCCC)NC(=O)[C@@H]1[C@@H]2[C@H](CN1C(=O)[C@@H](N=C=O)C(C)(C)C)C2(C)C.C=CCNC(=O)C(=O)C(CCCC)NC(=O)[C@@H]1[C@@H]2[C@H](CN1C(=O)[C@@H](NC(=O)N[C@H](CN(C)S(=O)(=O)N(C)C)C(C)(C)C)C(C)(C)C)C2(C)C.CN(C)S(=O)(=O)N(C)C[C@@H](N)C(C)(C)C.Cl. The van der Waals surface area contributed by atoms with E-state index in [1.54, 1.807) is 27.8 Å². The first kappa shape index (κ1) is 91.3. The number of likely N-dealkylation sites (N-methyl/N-ethyl adjacent to an activating group) is 2. The van der Waals surface area contributed by atoms with Crippen molar-refractivity contribution in [3.63, 3.8) is 0 Å². The summed E-state index contributed by atoms with van der Waals surface area (Å²) < 4.78 is 53.5. The van der Waals surface area contributed by atoms with Crippen molar-refractivity contribution in [2.75, 3.05) is 81.6 Å². The number of carbonyl (C=O) groups excluding carboxylic acids is 10. The number of rotatable bonds is 31. The summed E-state index contributed by atoms with van der Waals surface area (Å²) in [5.41, 5.74) is 3.51. The minimum Gasteiger partial charge on any atom is -0.346 e. The number of urea groups is 1. The van der Waals surface area contributed by atoms with Crippen molar-refractivity contribution < 1.29 is 64.8 Å². The van der Waals surface area contributed by atoms with Gasteiger partial charge in [-0.2, -0.15) is 39.0 Å². The van der Waals surface area contributed by atoms with Crippen molar-refractivity contribution in [3.8, 4) is 0 Å². The Hall–Kier alpha value is -5.72. The summed E-state index contributed by atoms with van der Waals surface area (Å²) in [6.45, 7) is 42.8. The molecule has 2 unspecified atom stereocenters. The summed E-state index contributed by atoms with van der Waals surface area (Å²) >= 11 is 0. The van der Waals surface area contributed by atoms with Crippen LogP contribution in [-0.2, 0) is 63.6 Å². The van der Waals surface area contributed by atoms with Gasteiger partial charge >= 0.3 is 6.03 Å². The monoisotopic (exact) mass is 1460 g/mol. The fourth-order valence-electron chi connectivity index (χ4n) is 12.4. The summed E-state index contributed by atoms with van der Waals surface area (Å²) in [5.74, 6) is -4.94. The summed E-state index contributed by atoms with van der Waals surface area (Å²) in [7, 11) is 1.77. The molecule has 0 aromatic rings. The van der Waals surface area contributed by atoms with Crippen LogP contribution in [0.4, 0.5) is 4.79 Å². The van der Waals surface area contributed by atoms with Gasteiger partial charge in [0.1, 0.15) is 24.2 Å². The third-order valence-electron chi connectivity index (χ3n) is 19.4. The van der Waals surface area contributed by atoms with Gasteiger partial charge in [-0.3, -0.25) is 38.4 Å². The highest BCUT2D eigenvalue weighted by atomic mass is 35.5. The fraction of sp³-hybridized carbons (Fsp3) is 0.794. The average Bonchev–Trinajstić information content (AvgIpc) is 1.53. The Morgan fingerprint density at radius 3 is 1.27 bits per heavy atom. The Morgan fingerprint density at radius 1 is 0.586 bits per heavy atom. The van der Waals surface area contributed by atoms with Crippen LogP contribution in [0, 0.1) is 56.2 Å². The Bertz CT molecular complexity index is 3150. The van der Waals surface area contributed by atoms with Crippen molar-refractivity contribution in [2.24, 2.45) is 66.9 Å². The Morgan fingerprint density at radius 2 is 0.960 bits per heavy atom. The highest BCUT2D eigenvalue weighted by Gasteiger charge is 2.71. The molecule has 28 nitrogen and oxygen atoms in total. The molecule has 8 amide bonds. The summed E-state index contributed by atoms with van der Waals surface area (Å²) in [5, 5.41) is 16.2. The molecule has 2 saturated carbocycles. The number of aliphatic imine (C=N–C) groups is 1. The first-order chi connectivity index (χ1) is 44.6. The maximum atomic E-state index is 14.4. The van der Waals surface area contributed by atoms with Gasteiger partial charge < -0.3 is 47.4 Å². The molecule has 2 aliphatic heterocycles. The zero-order valence-electron chi connectivity index (χ0n) is 63.6. The number of hydrogen-bond donors (Lipinski definition) is 7. The fourth-order valence-corrected chi connectivity index (χ4v) is 14.2. The third-order valence-corrected chi connectivity index (χ3v) is 23.2. The number of likely N-dealkylation sites (tertiary alicyclic amines) is 2. The first-order valence-corrected chi connectivity index (χ1v) is 36.7. The standard InChI is InChI=1S/C34H61N7O7S.C25H38N4O5.C9H23N3O2S.ClH/c1-14-16-17-22(26(42)29(44)35-18-15-2)36-28(43)25-24-21(34(24,9)10)19-41(25)30(45)27(33(6,7)8)38-31(46)37-23(32(3,4)5)20-40(13)49(47,48)39(11)12;1-8-10-11-16(19(31)22(33)26-12-9-2)28-21(32)18-17-15(25(17,6)7)13-29(18)23(34)20(27-14-30)24(3,4)5;1-9(2,3)8(10)7-12(6)15(13,14)11(4)5;/h15,21-25,27H,2,14,16-20H2,1,3-13H3,(H,35,44)(H,36,43)(H2,37,38,46);9,15-18,20H,2,8,10-13H2,1,3-7H3,(H,26,33)(H,28,32);8H,7,10H2,1-6H3;1H/t21-,22?,23+,24-,25-,27+;15-,16?,17-,18-,20+;8-;/m001./s1. The van der Waals surface area contributed by atoms with E-state index in [4.69, 9.17) is 5.73 Å². The number of hydrogen-bond acceptors (Lipinski definition) is 16. The molecule has 4 aliphatic rings. The van der Waals surface area contributed by atoms with Crippen LogP contribution in [0.2, 0.25) is 0 Å². The van der Waals surface area contributed by atoms with E-state index in [-0.39, 0.29) is 84.4 Å². The molecule has 0 aromatic carbocycles. The molecule has 0 spiro atoms. The number of ketones is 2. The number of fused-ring (bicyclic) bond motifs is 2. The molecule has 0 aromatic heterocycles. The van der Waals surface area contributed by atoms with Crippen LogP contribution >= 0.6 is 12.4 Å². The summed E-state index contributed by atoms with van der Waals surface area (Å²) in [6.07, 6.45) is 7.80. The van der Waals surface area contributed by atoms with Gasteiger partial charge in [-0.1, -0.05) is 162 Å². The Balaban J connectivity index is 0.000000844. The largest absolute Gasteiger partial charge is 0.346 e. The highest BCUT2D eigenvalue weighted by Crippen LogP contribution is 2.66. The molecule has 8 N–H and O–H groups in total. The maximum Gasteiger partial charge on any atom is 0.315 e. The van der Waals surface area contributed by atoms with Crippen LogP contribution in [0.25, 0.3) is 0 Å². The smallest absolute Gasteiger partial charge is 0.315 e. The number of carbonyl (C=O) groups is 9. The van der Waals surface area contributed by atoms with Crippen LogP contribution in [-0.4, -0.2) is 233 Å². The maximum absolute atomic E-state index is 14.4. The second-order valence-corrected chi connectivity index (χ2v) is 36.8. The molecular weight excluding hydrogens is 1340 g/mol. The Labute approximate surface area is 597 Å². The van der Waals surface area contributed by atoms with E-state index in [0.717, 1.165) is 17.1 Å². The number of nitrogens with two attached hydrogens (primary N) is 1. The lowest BCUT2D eigenvalue weighted by atomic mass is 9.85. The number of nitrogens with zero attached hydrogens (tertiary/aromatic N) is 7. The predicted octanol–water partition coefficient (Wildman–Crippen LogP) is 4.17. The van der Waals surface area contributed by atoms with Crippen molar-refractivity contribution in [1.29, 1.82) is 0 Å². The normalized spacial score (nSPS) is 21.7. The van der Waals surface area contributed by atoms with Crippen LogP contribution in [0.5, 0.6) is 0 Å². The first-order valence-electron chi connectivity index (χ1n) is 33.9. The lowest BCUT2D eigenvalue weighted by Gasteiger charge is -2.39. The van der Waals surface area contributed by atoms with Crippen LogP contribution < -0.4 is 37.6 Å². The molecule has 31 heteroatoms. The molecule has 0 bridgehead atoms. The zero-order chi connectivity index (χ0) is 76.1. The van der Waals surface area contributed by atoms with Crippen molar-refractivity contribution in [2.45, 2.75) is 211 Å². The van der Waals surface area contributed by atoms with Gasteiger partial charge in [-0.25, -0.2) is 9.59 Å². The summed E-state index contributed by atoms with van der Waals surface area (Å²) in [6, 6.07) is -7.21. The van der Waals surface area contributed by atoms with E-state index in [2.05, 4.69) is 63.9 Å². The van der Waals surface area contributed by atoms with Gasteiger partial charge in [0.05, 0.1) is 12.1 Å². The van der Waals surface area contributed by atoms with Crippen LogP contribution in [0.1, 0.15) is 163 Å². The van der Waals surface area contributed by atoms with Gasteiger partial charge in [0.2, 0.25) is 41.3 Å². The molecular formula is C68H123ClN14O14S2. The molecule has 2 aliphatic carbocycles. The number of unbranched alkanes of at least 4 members (excludes halogenated alkanes) is 2. The van der Waals surface area contributed by atoms with Crippen molar-refractivity contribution in [1.82, 2.24) is 58.9 Å². The molecule has 568 valence electrons. The number of Topliss-reactive ketones (excluding diaryl/α,β-unsaturated/α-hetero) is 2. The second-order valence-electron chi connectivity index (χ2n) is 32.3. The molecule has 4 fully saturated rings. The Kier molecular flexibility index (Phi) is 33.6. The van der Waals surface area contributed by atoms with E-state index in [1.807, 2.05) is 90.0 Å². The average molecular weight is 1460 g/mol. The van der Waals surface area contributed by atoms with E-state index in [1.165, 1.54) is 76.2 Å². The second kappa shape index (κ2) is 36.4. The molecule has 2 heterocycles. The van der Waals surface area contributed by atoms with E-state index in [9.17, 15) is 64.8 Å². The van der Waals surface area contributed by atoms with Crippen molar-refractivity contribution >= 4 is 91.9 Å². The number of nitrogens with one attached hydrogen (secondary N) is 6. The topological polar surface area (TPSA) is 369 Å². The predicted molar refractivity (Wildman–Crippen MR) is 387 cm³/mol.